The zero-order valence-electron chi connectivity index (χ0n) is 14.9. The first-order valence-corrected chi connectivity index (χ1v) is 9.01. The zero-order valence-corrected chi connectivity index (χ0v) is 14.9. The van der Waals surface area contributed by atoms with Crippen molar-refractivity contribution in [2.75, 3.05) is 18.0 Å². The molecule has 1 aromatic carbocycles. The Morgan fingerprint density at radius 1 is 1.28 bits per heavy atom. The first-order valence-electron chi connectivity index (χ1n) is 9.01. The molecule has 1 unspecified atom stereocenters. The highest BCUT2D eigenvalue weighted by Gasteiger charge is 2.24. The third kappa shape index (κ3) is 4.13. The first-order chi connectivity index (χ1) is 12.2. The molecule has 2 amide bonds. The number of anilines is 1. The Morgan fingerprint density at radius 2 is 2.08 bits per heavy atom. The van der Waals surface area contributed by atoms with Crippen LogP contribution in [0.4, 0.5) is 10.5 Å². The van der Waals surface area contributed by atoms with Gasteiger partial charge >= 0.3 is 6.03 Å². The maximum absolute atomic E-state index is 12.2. The molecule has 134 valence electrons. The molecule has 0 bridgehead atoms. The number of nitrogens with one attached hydrogen (secondary N) is 2. The monoisotopic (exact) mass is 342 g/mol. The Kier molecular flexibility index (Phi) is 5.58. The average Bonchev–Trinajstić information content (AvgIpc) is 3.26. The van der Waals surface area contributed by atoms with E-state index in [1.165, 1.54) is 5.69 Å². The van der Waals surface area contributed by atoms with Gasteiger partial charge in [-0.3, -0.25) is 0 Å². The summed E-state index contributed by atoms with van der Waals surface area (Å²) in [6.45, 7) is 6.32. The fourth-order valence-corrected chi connectivity index (χ4v) is 3.29. The van der Waals surface area contributed by atoms with Crippen molar-refractivity contribution < 1.29 is 9.32 Å². The minimum atomic E-state index is -0.134. The second-order valence-electron chi connectivity index (χ2n) is 6.33. The smallest absolute Gasteiger partial charge is 0.315 e. The number of carbonyl (C=O) groups is 1. The Morgan fingerprint density at radius 3 is 2.80 bits per heavy atom. The van der Waals surface area contributed by atoms with E-state index in [4.69, 9.17) is 4.52 Å². The average molecular weight is 342 g/mol. The summed E-state index contributed by atoms with van der Waals surface area (Å²) in [6.07, 6.45) is 2.53. The van der Waals surface area contributed by atoms with Gasteiger partial charge in [-0.2, -0.15) is 0 Å². The molecule has 0 aliphatic carbocycles. The molecule has 0 radical (unpaired) electrons. The number of hydrogen-bond acceptors (Lipinski definition) is 4. The van der Waals surface area contributed by atoms with Crippen LogP contribution in [0.2, 0.25) is 0 Å². The van der Waals surface area contributed by atoms with Crippen molar-refractivity contribution in [1.29, 1.82) is 0 Å². The van der Waals surface area contributed by atoms with Gasteiger partial charge in [-0.05, 0) is 25.0 Å². The van der Waals surface area contributed by atoms with Crippen LogP contribution in [0.15, 0.2) is 34.9 Å². The lowest BCUT2D eigenvalue weighted by atomic mass is 10.1. The molecule has 6 heteroatoms. The highest BCUT2D eigenvalue weighted by molar-refractivity contribution is 5.74. The zero-order chi connectivity index (χ0) is 17.6. The van der Waals surface area contributed by atoms with Crippen molar-refractivity contribution in [3.8, 4) is 0 Å². The molecule has 25 heavy (non-hydrogen) atoms. The van der Waals surface area contributed by atoms with Gasteiger partial charge < -0.3 is 20.1 Å². The molecule has 1 fully saturated rings. The van der Waals surface area contributed by atoms with E-state index in [1.807, 2.05) is 32.0 Å². The summed E-state index contributed by atoms with van der Waals surface area (Å²) in [4.78, 5) is 14.5. The standard InChI is InChI=1S/C19H26N4O2/c1-3-17-16(18(4-2)25-22-17)12-20-19(24)21-14-10-11-23(13-14)15-8-6-5-7-9-15/h5-9,14H,3-4,10-13H2,1-2H3,(H2,20,21,24). The van der Waals surface area contributed by atoms with E-state index >= 15 is 0 Å². The van der Waals surface area contributed by atoms with Crippen LogP contribution in [0.5, 0.6) is 0 Å². The summed E-state index contributed by atoms with van der Waals surface area (Å²) in [6, 6.07) is 10.3. The van der Waals surface area contributed by atoms with Crippen LogP contribution >= 0.6 is 0 Å². The highest BCUT2D eigenvalue weighted by atomic mass is 16.5. The van der Waals surface area contributed by atoms with Crippen molar-refractivity contribution in [1.82, 2.24) is 15.8 Å². The lowest BCUT2D eigenvalue weighted by Gasteiger charge is -2.19. The maximum atomic E-state index is 12.2. The largest absolute Gasteiger partial charge is 0.369 e. The number of urea groups is 1. The number of aryl methyl sites for hydroxylation is 2. The molecule has 0 spiro atoms. The van der Waals surface area contributed by atoms with Gasteiger partial charge in [0.05, 0.1) is 5.69 Å². The van der Waals surface area contributed by atoms with Gasteiger partial charge in [0.25, 0.3) is 0 Å². The number of rotatable bonds is 6. The van der Waals surface area contributed by atoms with Gasteiger partial charge in [-0.1, -0.05) is 37.2 Å². The fourth-order valence-electron chi connectivity index (χ4n) is 3.29. The summed E-state index contributed by atoms with van der Waals surface area (Å²) < 4.78 is 5.34. The molecular weight excluding hydrogens is 316 g/mol. The molecule has 1 saturated heterocycles. The van der Waals surface area contributed by atoms with E-state index in [9.17, 15) is 4.79 Å². The van der Waals surface area contributed by atoms with Crippen LogP contribution in [-0.4, -0.2) is 30.3 Å². The second-order valence-corrected chi connectivity index (χ2v) is 6.33. The van der Waals surface area contributed by atoms with Gasteiger partial charge in [-0.15, -0.1) is 0 Å². The van der Waals surface area contributed by atoms with Gasteiger partial charge in [-0.25, -0.2) is 4.79 Å². The number of hydrogen-bond donors (Lipinski definition) is 2. The molecule has 1 aliphatic heterocycles. The van der Waals surface area contributed by atoms with Crippen LogP contribution in [0.3, 0.4) is 0 Å². The Hall–Kier alpha value is -2.50. The topological polar surface area (TPSA) is 70.4 Å². The van der Waals surface area contributed by atoms with Crippen molar-refractivity contribution in [3.05, 3.63) is 47.3 Å². The highest BCUT2D eigenvalue weighted by Crippen LogP contribution is 2.19. The summed E-state index contributed by atoms with van der Waals surface area (Å²) >= 11 is 0. The molecular formula is C19H26N4O2. The van der Waals surface area contributed by atoms with Crippen LogP contribution < -0.4 is 15.5 Å². The van der Waals surface area contributed by atoms with E-state index in [1.54, 1.807) is 0 Å². The molecule has 2 N–H and O–H groups in total. The Balaban J connectivity index is 1.50. The van der Waals surface area contributed by atoms with Crippen LogP contribution in [0.25, 0.3) is 0 Å². The molecule has 3 rings (SSSR count). The first kappa shape index (κ1) is 17.3. The van der Waals surface area contributed by atoms with Crippen LogP contribution in [0, 0.1) is 0 Å². The normalized spacial score (nSPS) is 16.9. The lowest BCUT2D eigenvalue weighted by Crippen LogP contribution is -2.43. The van der Waals surface area contributed by atoms with Crippen molar-refractivity contribution in [2.45, 2.75) is 45.7 Å². The van der Waals surface area contributed by atoms with E-state index in [0.29, 0.717) is 6.54 Å². The molecule has 1 aliphatic rings. The van der Waals surface area contributed by atoms with Crippen molar-refractivity contribution in [2.24, 2.45) is 0 Å². The number of carbonyl (C=O) groups excluding carboxylic acids is 1. The number of nitrogens with zero attached hydrogens (tertiary/aromatic N) is 2. The summed E-state index contributed by atoms with van der Waals surface area (Å²) in [7, 11) is 0. The molecule has 0 saturated carbocycles. The van der Waals surface area contributed by atoms with E-state index < -0.39 is 0 Å². The number of amides is 2. The predicted octanol–water partition coefficient (Wildman–Crippen LogP) is 2.88. The minimum absolute atomic E-state index is 0.134. The maximum Gasteiger partial charge on any atom is 0.315 e. The number of para-hydroxylation sites is 1. The fraction of sp³-hybridized carbons (Fsp3) is 0.474. The van der Waals surface area contributed by atoms with E-state index in [-0.39, 0.29) is 12.1 Å². The molecule has 1 aromatic heterocycles. The molecule has 1 atom stereocenters. The van der Waals surface area contributed by atoms with Gasteiger partial charge in [0, 0.05) is 43.3 Å². The van der Waals surface area contributed by atoms with E-state index in [0.717, 1.165) is 49.4 Å². The van der Waals surface area contributed by atoms with Crippen molar-refractivity contribution >= 4 is 11.7 Å². The third-order valence-corrected chi connectivity index (χ3v) is 4.68. The van der Waals surface area contributed by atoms with Crippen LogP contribution in [-0.2, 0) is 19.4 Å². The summed E-state index contributed by atoms with van der Waals surface area (Å²) in [5.74, 6) is 0.855. The lowest BCUT2D eigenvalue weighted by molar-refractivity contribution is 0.237. The molecule has 6 nitrogen and oxygen atoms in total. The minimum Gasteiger partial charge on any atom is -0.369 e. The van der Waals surface area contributed by atoms with Gasteiger partial charge in [0.15, 0.2) is 0 Å². The SMILES string of the molecule is CCc1noc(CC)c1CNC(=O)NC1CCN(c2ccccc2)C1. The van der Waals surface area contributed by atoms with Crippen molar-refractivity contribution in [3.63, 3.8) is 0 Å². The van der Waals surface area contributed by atoms with Crippen LogP contribution in [0.1, 0.15) is 37.3 Å². The molecule has 2 aromatic rings. The summed E-state index contributed by atoms with van der Waals surface area (Å²) in [5.41, 5.74) is 3.14. The second kappa shape index (κ2) is 8.05. The Labute approximate surface area is 148 Å². The predicted molar refractivity (Wildman–Crippen MR) is 97.7 cm³/mol. The van der Waals surface area contributed by atoms with E-state index in [2.05, 4.69) is 32.8 Å². The van der Waals surface area contributed by atoms with Gasteiger partial charge in [0.2, 0.25) is 0 Å². The summed E-state index contributed by atoms with van der Waals surface area (Å²) in [5, 5.41) is 10.1. The Bertz CT molecular complexity index is 677. The molecule has 2 heterocycles. The third-order valence-electron chi connectivity index (χ3n) is 4.68. The number of benzene rings is 1. The quantitative estimate of drug-likeness (QED) is 0.847. The number of aromatic nitrogens is 1. The van der Waals surface area contributed by atoms with Gasteiger partial charge in [0.1, 0.15) is 5.76 Å².